The Labute approximate surface area is 116 Å². The first-order valence-electron chi connectivity index (χ1n) is 6.09. The van der Waals surface area contributed by atoms with Crippen molar-refractivity contribution in [3.05, 3.63) is 23.7 Å². The van der Waals surface area contributed by atoms with Crippen molar-refractivity contribution in [2.45, 2.75) is 38.8 Å². The monoisotopic (exact) mass is 282 g/mol. The fraction of sp³-hybridized carbons (Fsp3) is 0.538. The van der Waals surface area contributed by atoms with Crippen LogP contribution in [0.1, 0.15) is 44.6 Å². The number of carbonyl (C=O) groups excluding carboxylic acids is 1. The van der Waals surface area contributed by atoms with Gasteiger partial charge in [0, 0.05) is 18.2 Å². The van der Waals surface area contributed by atoms with E-state index in [0.29, 0.717) is 10.6 Å². The first-order valence-corrected chi connectivity index (χ1v) is 6.09. The highest BCUT2D eigenvalue weighted by atomic mass is 16.6. The lowest BCUT2D eigenvalue weighted by Crippen LogP contribution is -2.37. The van der Waals surface area contributed by atoms with Gasteiger partial charge in [0.15, 0.2) is 0 Å². The number of carbonyl (C=O) groups is 1. The molecule has 1 aromatic heterocycles. The van der Waals surface area contributed by atoms with Gasteiger partial charge in [0.2, 0.25) is 5.76 Å². The van der Waals surface area contributed by atoms with E-state index in [0.717, 1.165) is 0 Å². The first-order chi connectivity index (χ1) is 9.28. The minimum Gasteiger partial charge on any atom is -0.453 e. The van der Waals surface area contributed by atoms with Crippen LogP contribution in [-0.4, -0.2) is 33.7 Å². The molecule has 0 aliphatic carbocycles. The van der Waals surface area contributed by atoms with Crippen LogP contribution in [0.2, 0.25) is 0 Å². The van der Waals surface area contributed by atoms with Crippen molar-refractivity contribution in [3.63, 3.8) is 0 Å². The number of ether oxygens (including phenoxy) is 1. The van der Waals surface area contributed by atoms with Crippen LogP contribution in [0.4, 0.5) is 4.79 Å². The summed E-state index contributed by atoms with van der Waals surface area (Å²) in [5, 5.41) is 28.1. The smallest absolute Gasteiger partial charge is 0.434 e. The number of hydroxylamine groups is 2. The molecule has 0 unspecified atom stereocenters. The molecule has 1 aromatic rings. The molecule has 7 heteroatoms. The molecule has 1 atom stereocenters. The lowest BCUT2D eigenvalue weighted by molar-refractivity contribution is -0.125. The third-order valence-corrected chi connectivity index (χ3v) is 2.39. The largest absolute Gasteiger partial charge is 0.453 e. The van der Waals surface area contributed by atoms with Gasteiger partial charge in [-0.15, -0.1) is 0 Å². The van der Waals surface area contributed by atoms with Gasteiger partial charge < -0.3 is 14.3 Å². The first kappa shape index (κ1) is 16.0. The fourth-order valence-corrected chi connectivity index (χ4v) is 1.57. The van der Waals surface area contributed by atoms with Crippen molar-refractivity contribution >= 4 is 6.09 Å². The molecule has 2 N–H and O–H groups in total. The second kappa shape index (κ2) is 6.41. The second-order valence-corrected chi connectivity index (χ2v) is 5.21. The summed E-state index contributed by atoms with van der Waals surface area (Å²) in [6.45, 7) is 4.76. The number of amides is 1. The zero-order valence-corrected chi connectivity index (χ0v) is 11.7. The molecule has 0 aliphatic rings. The van der Waals surface area contributed by atoms with Gasteiger partial charge in [-0.1, -0.05) is 0 Å². The number of nitrogens with zero attached hydrogens (tertiary/aromatic N) is 2. The summed E-state index contributed by atoms with van der Waals surface area (Å²) in [5.74, 6) is 0.0560. The molecule has 0 saturated carbocycles. The van der Waals surface area contributed by atoms with Gasteiger partial charge in [-0.25, -0.2) is 4.79 Å². The Morgan fingerprint density at radius 1 is 1.60 bits per heavy atom. The van der Waals surface area contributed by atoms with Gasteiger partial charge in [0.25, 0.3) is 0 Å². The average Bonchev–Trinajstić information content (AvgIpc) is 2.81. The van der Waals surface area contributed by atoms with Gasteiger partial charge in [-0.3, -0.25) is 5.21 Å². The summed E-state index contributed by atoms with van der Waals surface area (Å²) >= 11 is 0. The Balaban J connectivity index is 2.90. The maximum Gasteiger partial charge on any atom is 0.434 e. The molecule has 0 spiro atoms. The number of aliphatic hydroxyl groups excluding tert-OH is 1. The predicted octanol–water partition coefficient (Wildman–Crippen LogP) is 2.20. The zero-order valence-electron chi connectivity index (χ0n) is 11.7. The Morgan fingerprint density at radius 2 is 2.25 bits per heavy atom. The quantitative estimate of drug-likeness (QED) is 0.647. The molecule has 20 heavy (non-hydrogen) atoms. The van der Waals surface area contributed by atoms with Crippen LogP contribution in [0, 0.1) is 11.3 Å². The topological polar surface area (TPSA) is 107 Å². The molecule has 110 valence electrons. The van der Waals surface area contributed by atoms with E-state index in [1.807, 2.05) is 0 Å². The molecule has 1 amide bonds. The maximum atomic E-state index is 11.8. The maximum absolute atomic E-state index is 11.8. The van der Waals surface area contributed by atoms with E-state index in [4.69, 9.17) is 19.5 Å². The van der Waals surface area contributed by atoms with E-state index < -0.39 is 17.7 Å². The van der Waals surface area contributed by atoms with Crippen molar-refractivity contribution < 1.29 is 24.3 Å². The summed E-state index contributed by atoms with van der Waals surface area (Å²) in [4.78, 5) is 11.8. The third kappa shape index (κ3) is 4.26. The normalized spacial score (nSPS) is 12.6. The molecule has 1 rings (SSSR count). The van der Waals surface area contributed by atoms with Crippen molar-refractivity contribution in [1.82, 2.24) is 5.06 Å². The summed E-state index contributed by atoms with van der Waals surface area (Å²) in [7, 11) is 0. The van der Waals surface area contributed by atoms with Gasteiger partial charge in [-0.2, -0.15) is 10.3 Å². The molecule has 0 aromatic carbocycles. The molecular weight excluding hydrogens is 264 g/mol. The van der Waals surface area contributed by atoms with E-state index in [1.54, 1.807) is 26.8 Å². The minimum absolute atomic E-state index is 0.0560. The lowest BCUT2D eigenvalue weighted by atomic mass is 10.1. The Morgan fingerprint density at radius 3 is 2.70 bits per heavy atom. The van der Waals surface area contributed by atoms with Crippen LogP contribution in [0.5, 0.6) is 0 Å². The average molecular weight is 282 g/mol. The van der Waals surface area contributed by atoms with E-state index in [-0.39, 0.29) is 18.8 Å². The fourth-order valence-electron chi connectivity index (χ4n) is 1.57. The van der Waals surface area contributed by atoms with E-state index in [1.165, 1.54) is 12.3 Å². The number of hydrogen-bond acceptors (Lipinski definition) is 6. The van der Waals surface area contributed by atoms with E-state index in [2.05, 4.69) is 0 Å². The predicted molar refractivity (Wildman–Crippen MR) is 67.7 cm³/mol. The van der Waals surface area contributed by atoms with Gasteiger partial charge in [-0.05, 0) is 27.2 Å². The van der Waals surface area contributed by atoms with Crippen LogP contribution >= 0.6 is 0 Å². The molecule has 7 nitrogen and oxygen atoms in total. The van der Waals surface area contributed by atoms with Crippen molar-refractivity contribution in [3.8, 4) is 6.07 Å². The van der Waals surface area contributed by atoms with E-state index in [9.17, 15) is 10.0 Å². The van der Waals surface area contributed by atoms with E-state index >= 15 is 0 Å². The number of hydrogen-bond donors (Lipinski definition) is 2. The van der Waals surface area contributed by atoms with Crippen molar-refractivity contribution in [1.29, 1.82) is 5.26 Å². The standard InChI is InChI=1S/C13H18N2O5/c1-13(2,3)20-12(17)15(18)11(4-5-16)9-6-10(7-14)19-8-9/h6,8,11,16,18H,4-5H2,1-3H3/t11-/m0/s1. The summed E-state index contributed by atoms with van der Waals surface area (Å²) in [6.07, 6.45) is 0.405. The summed E-state index contributed by atoms with van der Waals surface area (Å²) in [6, 6.07) is 2.36. The zero-order chi connectivity index (χ0) is 15.3. The van der Waals surface area contributed by atoms with Gasteiger partial charge in [0.05, 0.1) is 12.3 Å². The van der Waals surface area contributed by atoms with Crippen molar-refractivity contribution in [2.75, 3.05) is 6.61 Å². The number of rotatable bonds is 4. The molecule has 0 radical (unpaired) electrons. The minimum atomic E-state index is -0.935. The summed E-state index contributed by atoms with van der Waals surface area (Å²) < 4.78 is 9.98. The van der Waals surface area contributed by atoms with Crippen LogP contribution in [0.3, 0.4) is 0 Å². The highest BCUT2D eigenvalue weighted by Gasteiger charge is 2.29. The number of aliphatic hydroxyl groups is 1. The van der Waals surface area contributed by atoms with Crippen LogP contribution in [0.25, 0.3) is 0 Å². The molecule has 0 aliphatic heterocycles. The van der Waals surface area contributed by atoms with Crippen LogP contribution in [-0.2, 0) is 4.74 Å². The van der Waals surface area contributed by atoms with Crippen molar-refractivity contribution in [2.24, 2.45) is 0 Å². The Kier molecular flexibility index (Phi) is 5.13. The highest BCUT2D eigenvalue weighted by molar-refractivity contribution is 5.67. The van der Waals surface area contributed by atoms with Crippen LogP contribution in [0.15, 0.2) is 16.7 Å². The summed E-state index contributed by atoms with van der Waals surface area (Å²) in [5.41, 5.74) is -0.347. The lowest BCUT2D eigenvalue weighted by Gasteiger charge is -2.28. The highest BCUT2D eigenvalue weighted by Crippen LogP contribution is 2.26. The SMILES string of the molecule is CC(C)(C)OC(=O)N(O)[C@@H](CCO)c1coc(C#N)c1. The van der Waals surface area contributed by atoms with Gasteiger partial charge in [0.1, 0.15) is 11.7 Å². The Hall–Kier alpha value is -2.04. The molecular formula is C13H18N2O5. The second-order valence-electron chi connectivity index (χ2n) is 5.21. The van der Waals surface area contributed by atoms with Crippen LogP contribution < -0.4 is 0 Å². The molecule has 0 fully saturated rings. The molecule has 0 bridgehead atoms. The molecule has 1 heterocycles. The number of furan rings is 1. The third-order valence-electron chi connectivity index (χ3n) is 2.39. The van der Waals surface area contributed by atoms with Gasteiger partial charge >= 0.3 is 6.09 Å². The number of nitriles is 1. The molecule has 0 saturated heterocycles. The Bertz CT molecular complexity index is 498.